The summed E-state index contributed by atoms with van der Waals surface area (Å²) < 4.78 is 16.2. The molecule has 0 aliphatic carbocycles. The number of ether oxygens (including phenoxy) is 3. The molecule has 1 heterocycles. The Morgan fingerprint density at radius 1 is 1.04 bits per heavy atom. The molecule has 1 amide bonds. The van der Waals surface area contributed by atoms with Gasteiger partial charge in [0.15, 0.2) is 11.5 Å². The van der Waals surface area contributed by atoms with Crippen molar-refractivity contribution in [2.24, 2.45) is 0 Å². The maximum Gasteiger partial charge on any atom is 0.231 e. The molecule has 3 rings (SSSR count). The lowest BCUT2D eigenvalue weighted by Gasteiger charge is -2.07. The van der Waals surface area contributed by atoms with Gasteiger partial charge in [-0.05, 0) is 36.1 Å². The van der Waals surface area contributed by atoms with E-state index in [-0.39, 0.29) is 12.7 Å². The third-order valence-corrected chi connectivity index (χ3v) is 3.98. The number of amides is 1. The molecule has 132 valence electrons. The largest absolute Gasteiger partial charge is 0.454 e. The second-order valence-corrected chi connectivity index (χ2v) is 5.93. The van der Waals surface area contributed by atoms with Gasteiger partial charge >= 0.3 is 0 Å². The number of benzene rings is 2. The molecule has 0 atom stereocenters. The molecule has 2 aromatic carbocycles. The van der Waals surface area contributed by atoms with E-state index in [0.717, 1.165) is 29.0 Å². The van der Waals surface area contributed by atoms with Crippen molar-refractivity contribution in [1.82, 2.24) is 5.32 Å². The molecular weight excluding hydrogens is 318 g/mol. The van der Waals surface area contributed by atoms with Crippen molar-refractivity contribution in [3.8, 4) is 11.5 Å². The maximum absolute atomic E-state index is 11.9. The second kappa shape index (κ2) is 9.08. The minimum atomic E-state index is 0.0562. The zero-order valence-electron chi connectivity index (χ0n) is 14.2. The summed E-state index contributed by atoms with van der Waals surface area (Å²) in [6.45, 7) is 2.15. The highest BCUT2D eigenvalue weighted by molar-refractivity contribution is 5.76. The Morgan fingerprint density at radius 3 is 2.76 bits per heavy atom. The molecule has 1 N–H and O–H groups in total. The number of hydrogen-bond donors (Lipinski definition) is 1. The third-order valence-electron chi connectivity index (χ3n) is 3.98. The molecule has 1 aliphatic rings. The third kappa shape index (κ3) is 5.50. The van der Waals surface area contributed by atoms with Gasteiger partial charge in [0.05, 0.1) is 6.61 Å². The molecule has 0 radical (unpaired) electrons. The summed E-state index contributed by atoms with van der Waals surface area (Å²) in [5, 5.41) is 2.93. The Kier molecular flexibility index (Phi) is 6.29. The summed E-state index contributed by atoms with van der Waals surface area (Å²) in [5.74, 6) is 1.58. The van der Waals surface area contributed by atoms with Crippen molar-refractivity contribution >= 4 is 5.91 Å². The van der Waals surface area contributed by atoms with Crippen LogP contribution in [0.1, 0.15) is 24.0 Å². The lowest BCUT2D eigenvalue weighted by atomic mass is 10.1. The fraction of sp³-hybridized carbons (Fsp3) is 0.350. The maximum atomic E-state index is 11.9. The zero-order chi connectivity index (χ0) is 17.3. The summed E-state index contributed by atoms with van der Waals surface area (Å²) in [7, 11) is 0. The minimum Gasteiger partial charge on any atom is -0.454 e. The smallest absolute Gasteiger partial charge is 0.231 e. The Labute approximate surface area is 147 Å². The van der Waals surface area contributed by atoms with Crippen LogP contribution in [0.2, 0.25) is 0 Å². The fourth-order valence-corrected chi connectivity index (χ4v) is 2.61. The van der Waals surface area contributed by atoms with E-state index in [1.165, 1.54) is 0 Å². The summed E-state index contributed by atoms with van der Waals surface area (Å²) in [6, 6.07) is 15.9. The molecule has 0 saturated heterocycles. The highest BCUT2D eigenvalue weighted by Crippen LogP contribution is 2.32. The minimum absolute atomic E-state index is 0.0562. The van der Waals surface area contributed by atoms with Gasteiger partial charge < -0.3 is 19.5 Å². The van der Waals surface area contributed by atoms with Gasteiger partial charge in [-0.2, -0.15) is 0 Å². The number of fused-ring (bicyclic) bond motifs is 1. The van der Waals surface area contributed by atoms with Crippen LogP contribution in [0.3, 0.4) is 0 Å². The Balaban J connectivity index is 1.26. The van der Waals surface area contributed by atoms with Crippen molar-refractivity contribution in [2.45, 2.75) is 25.9 Å². The van der Waals surface area contributed by atoms with Crippen LogP contribution in [0.15, 0.2) is 48.5 Å². The van der Waals surface area contributed by atoms with Gasteiger partial charge in [0, 0.05) is 19.6 Å². The quantitative estimate of drug-likeness (QED) is 0.712. The molecule has 0 fully saturated rings. The van der Waals surface area contributed by atoms with Crippen molar-refractivity contribution in [2.75, 3.05) is 19.9 Å². The predicted octanol–water partition coefficient (Wildman–Crippen LogP) is 3.07. The van der Waals surface area contributed by atoms with Crippen molar-refractivity contribution in [3.05, 3.63) is 59.7 Å². The lowest BCUT2D eigenvalue weighted by Crippen LogP contribution is -2.25. The van der Waals surface area contributed by atoms with Gasteiger partial charge in [0.1, 0.15) is 0 Å². The Hall–Kier alpha value is -2.53. The molecule has 0 bridgehead atoms. The van der Waals surface area contributed by atoms with Gasteiger partial charge in [-0.1, -0.05) is 36.4 Å². The number of carbonyl (C=O) groups is 1. The number of aryl methyl sites for hydroxylation is 1. The van der Waals surface area contributed by atoms with Crippen LogP contribution in [0.25, 0.3) is 0 Å². The van der Waals surface area contributed by atoms with Crippen LogP contribution in [-0.2, 0) is 22.6 Å². The van der Waals surface area contributed by atoms with E-state index in [4.69, 9.17) is 14.2 Å². The summed E-state index contributed by atoms with van der Waals surface area (Å²) >= 11 is 0. The summed E-state index contributed by atoms with van der Waals surface area (Å²) in [6.07, 6.45) is 1.96. The fourth-order valence-electron chi connectivity index (χ4n) is 2.61. The molecule has 25 heavy (non-hydrogen) atoms. The monoisotopic (exact) mass is 341 g/mol. The van der Waals surface area contributed by atoms with E-state index in [9.17, 15) is 4.79 Å². The van der Waals surface area contributed by atoms with E-state index in [2.05, 4.69) is 5.32 Å². The molecule has 1 aliphatic heterocycles. The first kappa shape index (κ1) is 17.3. The Bertz CT molecular complexity index is 687. The average Bonchev–Trinajstić information content (AvgIpc) is 3.11. The topological polar surface area (TPSA) is 56.8 Å². The standard InChI is InChI=1S/C20H23NO4/c22-20(10-8-16-7-9-18-19(13-16)25-15-24-18)21-11-4-12-23-14-17-5-2-1-3-6-17/h1-3,5-7,9,13H,4,8,10-12,14-15H2,(H,21,22). The van der Waals surface area contributed by atoms with Gasteiger partial charge in [-0.15, -0.1) is 0 Å². The van der Waals surface area contributed by atoms with Crippen molar-refractivity contribution in [3.63, 3.8) is 0 Å². The van der Waals surface area contributed by atoms with E-state index >= 15 is 0 Å². The molecule has 0 saturated carbocycles. The highest BCUT2D eigenvalue weighted by Gasteiger charge is 2.13. The van der Waals surface area contributed by atoms with Crippen LogP contribution >= 0.6 is 0 Å². The van der Waals surface area contributed by atoms with Crippen LogP contribution < -0.4 is 14.8 Å². The number of rotatable bonds is 9. The van der Waals surface area contributed by atoms with E-state index in [1.807, 2.05) is 48.5 Å². The van der Waals surface area contributed by atoms with Gasteiger partial charge in [-0.25, -0.2) is 0 Å². The normalized spacial score (nSPS) is 12.2. The van der Waals surface area contributed by atoms with E-state index in [0.29, 0.717) is 32.6 Å². The molecule has 2 aromatic rings. The van der Waals surface area contributed by atoms with Gasteiger partial charge in [-0.3, -0.25) is 4.79 Å². The number of carbonyl (C=O) groups excluding carboxylic acids is 1. The van der Waals surface area contributed by atoms with Crippen molar-refractivity contribution < 1.29 is 19.0 Å². The zero-order valence-corrected chi connectivity index (χ0v) is 14.2. The predicted molar refractivity (Wildman–Crippen MR) is 94.6 cm³/mol. The summed E-state index contributed by atoms with van der Waals surface area (Å²) in [4.78, 5) is 11.9. The molecule has 5 nitrogen and oxygen atoms in total. The SMILES string of the molecule is O=C(CCc1ccc2c(c1)OCO2)NCCCOCc1ccccc1. The number of hydrogen-bond acceptors (Lipinski definition) is 4. The first-order chi connectivity index (χ1) is 12.3. The highest BCUT2D eigenvalue weighted by atomic mass is 16.7. The molecule has 5 heteroatoms. The number of nitrogens with one attached hydrogen (secondary N) is 1. The first-order valence-electron chi connectivity index (χ1n) is 8.58. The second-order valence-electron chi connectivity index (χ2n) is 5.93. The van der Waals surface area contributed by atoms with Crippen LogP contribution in [0, 0.1) is 0 Å². The van der Waals surface area contributed by atoms with Crippen LogP contribution in [-0.4, -0.2) is 25.9 Å². The van der Waals surface area contributed by atoms with Gasteiger partial charge in [0.25, 0.3) is 0 Å². The Morgan fingerprint density at radius 2 is 1.88 bits per heavy atom. The molecule has 0 aromatic heterocycles. The van der Waals surface area contributed by atoms with E-state index < -0.39 is 0 Å². The van der Waals surface area contributed by atoms with Crippen LogP contribution in [0.4, 0.5) is 0 Å². The average molecular weight is 341 g/mol. The van der Waals surface area contributed by atoms with Crippen LogP contribution in [0.5, 0.6) is 11.5 Å². The first-order valence-corrected chi connectivity index (χ1v) is 8.58. The van der Waals surface area contributed by atoms with E-state index in [1.54, 1.807) is 0 Å². The van der Waals surface area contributed by atoms with Gasteiger partial charge in [0.2, 0.25) is 12.7 Å². The summed E-state index contributed by atoms with van der Waals surface area (Å²) in [5.41, 5.74) is 2.24. The van der Waals surface area contributed by atoms with Crippen molar-refractivity contribution in [1.29, 1.82) is 0 Å². The lowest BCUT2D eigenvalue weighted by molar-refractivity contribution is -0.121. The molecular formula is C20H23NO4. The molecule has 0 unspecified atom stereocenters. The molecule has 0 spiro atoms.